The molecule has 3 nitrogen and oxygen atoms in total. The van der Waals surface area contributed by atoms with Crippen LogP contribution in [0.2, 0.25) is 0 Å². The molecule has 1 atom stereocenters. The average molecular weight is 207 g/mol. The summed E-state index contributed by atoms with van der Waals surface area (Å²) in [6, 6.07) is 6.85. The van der Waals surface area contributed by atoms with E-state index < -0.39 is 0 Å². The fourth-order valence-corrected chi connectivity index (χ4v) is 1.72. The van der Waals surface area contributed by atoms with Gasteiger partial charge < -0.3 is 10.2 Å². The molecule has 15 heavy (non-hydrogen) atoms. The molecule has 0 amide bonds. The number of rotatable bonds is 3. The van der Waals surface area contributed by atoms with E-state index in [4.69, 9.17) is 9.78 Å². The van der Waals surface area contributed by atoms with E-state index >= 15 is 0 Å². The third-order valence-corrected chi connectivity index (χ3v) is 2.77. The Morgan fingerprint density at radius 2 is 2.33 bits per heavy atom. The van der Waals surface area contributed by atoms with Crippen LogP contribution in [0.5, 0.6) is 5.75 Å². The van der Waals surface area contributed by atoms with Crippen molar-refractivity contribution in [1.29, 1.82) is 0 Å². The first-order valence-electron chi connectivity index (χ1n) is 5.38. The van der Waals surface area contributed by atoms with E-state index in [9.17, 15) is 0 Å². The van der Waals surface area contributed by atoms with Crippen LogP contribution >= 0.6 is 0 Å². The summed E-state index contributed by atoms with van der Waals surface area (Å²) >= 11 is 0. The van der Waals surface area contributed by atoms with Crippen LogP contribution in [0.25, 0.3) is 0 Å². The quantitative estimate of drug-likeness (QED) is 0.765. The molecule has 0 aromatic heterocycles. The number of benzene rings is 1. The van der Waals surface area contributed by atoms with Crippen LogP contribution in [0.3, 0.4) is 0 Å². The van der Waals surface area contributed by atoms with Crippen molar-refractivity contribution in [3.8, 4) is 5.75 Å². The van der Waals surface area contributed by atoms with Crippen LogP contribution in [0.15, 0.2) is 18.2 Å². The molecule has 0 spiro atoms. The smallest absolute Gasteiger partial charge is 0.168 e. The molecule has 1 heterocycles. The zero-order chi connectivity index (χ0) is 10.7. The summed E-state index contributed by atoms with van der Waals surface area (Å²) in [5.41, 5.74) is 2.52. The van der Waals surface area contributed by atoms with E-state index in [0.29, 0.717) is 12.6 Å². The van der Waals surface area contributed by atoms with Crippen molar-refractivity contribution in [2.24, 2.45) is 0 Å². The molecule has 0 saturated carbocycles. The maximum atomic E-state index is 5.16. The van der Waals surface area contributed by atoms with Gasteiger partial charge in [0.1, 0.15) is 0 Å². The Balaban J connectivity index is 2.13. The monoisotopic (exact) mass is 207 g/mol. The van der Waals surface area contributed by atoms with E-state index in [1.54, 1.807) is 0 Å². The second kappa shape index (κ2) is 4.64. The van der Waals surface area contributed by atoms with Crippen molar-refractivity contribution >= 4 is 0 Å². The normalized spacial score (nSPS) is 16.7. The van der Waals surface area contributed by atoms with Crippen molar-refractivity contribution in [1.82, 2.24) is 5.32 Å². The lowest BCUT2D eigenvalue weighted by molar-refractivity contribution is -0.215. The summed E-state index contributed by atoms with van der Waals surface area (Å²) in [4.78, 5) is 10.1. The number of hydrogen-bond donors (Lipinski definition) is 1. The van der Waals surface area contributed by atoms with Gasteiger partial charge in [0.15, 0.2) is 5.75 Å². The van der Waals surface area contributed by atoms with Gasteiger partial charge in [-0.1, -0.05) is 12.1 Å². The molecular weight excluding hydrogens is 190 g/mol. The fraction of sp³-hybridized carbons (Fsp3) is 0.500. The highest BCUT2D eigenvalue weighted by Gasteiger charge is 2.12. The lowest BCUT2D eigenvalue weighted by Crippen LogP contribution is -2.23. The first-order valence-corrected chi connectivity index (χ1v) is 5.38. The van der Waals surface area contributed by atoms with Crippen LogP contribution in [0.4, 0.5) is 0 Å². The Morgan fingerprint density at radius 1 is 1.47 bits per heavy atom. The number of likely N-dealkylation sites (N-methyl/N-ethyl adjacent to an activating group) is 1. The van der Waals surface area contributed by atoms with Gasteiger partial charge in [-0.3, -0.25) is 0 Å². The van der Waals surface area contributed by atoms with Crippen LogP contribution < -0.4 is 10.2 Å². The second-order valence-electron chi connectivity index (χ2n) is 3.99. The maximum absolute atomic E-state index is 5.16. The minimum Gasteiger partial charge on any atom is -0.337 e. The van der Waals surface area contributed by atoms with Gasteiger partial charge in [0.25, 0.3) is 0 Å². The summed E-state index contributed by atoms with van der Waals surface area (Å²) in [6.45, 7) is 2.82. The highest BCUT2D eigenvalue weighted by atomic mass is 17.2. The second-order valence-corrected chi connectivity index (χ2v) is 3.99. The van der Waals surface area contributed by atoms with E-state index in [1.165, 1.54) is 11.1 Å². The summed E-state index contributed by atoms with van der Waals surface area (Å²) in [7, 11) is 1.97. The zero-order valence-electron chi connectivity index (χ0n) is 9.25. The Kier molecular flexibility index (Phi) is 3.23. The van der Waals surface area contributed by atoms with Gasteiger partial charge in [-0.15, -0.1) is 0 Å². The number of fused-ring (bicyclic) bond motifs is 1. The van der Waals surface area contributed by atoms with Gasteiger partial charge in [0.05, 0.1) is 6.61 Å². The topological polar surface area (TPSA) is 30.5 Å². The standard InChI is InChI=1S/C12H17NO2/c1-9(13-2)7-10-3-4-11-5-6-14-15-12(11)8-10/h3-4,8-9,13H,5-7H2,1-2H3. The molecule has 0 radical (unpaired) electrons. The average Bonchev–Trinajstić information content (AvgIpc) is 2.29. The molecule has 1 N–H and O–H groups in total. The largest absolute Gasteiger partial charge is 0.337 e. The fourth-order valence-electron chi connectivity index (χ4n) is 1.72. The van der Waals surface area contributed by atoms with E-state index in [0.717, 1.165) is 18.6 Å². The highest BCUT2D eigenvalue weighted by Crippen LogP contribution is 2.25. The molecule has 1 aliphatic heterocycles. The lowest BCUT2D eigenvalue weighted by atomic mass is 10.0. The predicted octanol–water partition coefficient (Wildman–Crippen LogP) is 1.70. The molecule has 1 aromatic carbocycles. The molecular formula is C12H17NO2. The molecule has 2 rings (SSSR count). The van der Waals surface area contributed by atoms with Crippen molar-refractivity contribution in [2.75, 3.05) is 13.7 Å². The van der Waals surface area contributed by atoms with Gasteiger partial charge in [-0.2, -0.15) is 4.89 Å². The molecule has 0 aliphatic carbocycles. The summed E-state index contributed by atoms with van der Waals surface area (Å²) < 4.78 is 0. The Hall–Kier alpha value is -1.06. The number of nitrogens with one attached hydrogen (secondary N) is 1. The van der Waals surface area contributed by atoms with Crippen molar-refractivity contribution < 1.29 is 9.78 Å². The van der Waals surface area contributed by atoms with Crippen LogP contribution in [0, 0.1) is 0 Å². The first kappa shape index (κ1) is 10.5. The van der Waals surface area contributed by atoms with Gasteiger partial charge in [0.2, 0.25) is 0 Å². The summed E-state index contributed by atoms with van der Waals surface area (Å²) in [5, 5.41) is 3.22. The summed E-state index contributed by atoms with van der Waals surface area (Å²) in [5.74, 6) is 0.877. The Bertz CT molecular complexity index is 338. The van der Waals surface area contributed by atoms with E-state index in [2.05, 4.69) is 30.4 Å². The van der Waals surface area contributed by atoms with Crippen molar-refractivity contribution in [3.63, 3.8) is 0 Å². The third kappa shape index (κ3) is 2.49. The number of hydrogen-bond acceptors (Lipinski definition) is 3. The Morgan fingerprint density at radius 3 is 3.13 bits per heavy atom. The molecule has 1 aromatic rings. The molecule has 1 unspecified atom stereocenters. The van der Waals surface area contributed by atoms with Crippen molar-refractivity contribution in [3.05, 3.63) is 29.3 Å². The minimum absolute atomic E-state index is 0.479. The van der Waals surface area contributed by atoms with Gasteiger partial charge >= 0.3 is 0 Å². The van der Waals surface area contributed by atoms with Crippen LogP contribution in [0.1, 0.15) is 18.1 Å². The van der Waals surface area contributed by atoms with Gasteiger partial charge in [-0.25, -0.2) is 0 Å². The molecule has 0 fully saturated rings. The maximum Gasteiger partial charge on any atom is 0.168 e. The molecule has 1 aliphatic rings. The Labute approximate surface area is 90.3 Å². The van der Waals surface area contributed by atoms with E-state index in [-0.39, 0.29) is 0 Å². The molecule has 3 heteroatoms. The lowest BCUT2D eigenvalue weighted by Gasteiger charge is -2.17. The van der Waals surface area contributed by atoms with Crippen LogP contribution in [-0.4, -0.2) is 19.7 Å². The molecule has 0 bridgehead atoms. The SMILES string of the molecule is CNC(C)Cc1ccc2c(c1)OOCC2. The first-order chi connectivity index (χ1) is 7.29. The van der Waals surface area contributed by atoms with Gasteiger partial charge in [0, 0.05) is 18.0 Å². The van der Waals surface area contributed by atoms with Crippen LogP contribution in [-0.2, 0) is 17.7 Å². The van der Waals surface area contributed by atoms with Gasteiger partial charge in [-0.05, 0) is 32.0 Å². The molecule has 82 valence electrons. The molecule has 0 saturated heterocycles. The third-order valence-electron chi connectivity index (χ3n) is 2.77. The zero-order valence-corrected chi connectivity index (χ0v) is 9.25. The van der Waals surface area contributed by atoms with E-state index in [1.807, 2.05) is 7.05 Å². The van der Waals surface area contributed by atoms with Crippen molar-refractivity contribution in [2.45, 2.75) is 25.8 Å². The highest BCUT2D eigenvalue weighted by molar-refractivity contribution is 5.38. The minimum atomic E-state index is 0.479. The predicted molar refractivity (Wildman–Crippen MR) is 59.0 cm³/mol. The summed E-state index contributed by atoms with van der Waals surface area (Å²) in [6.07, 6.45) is 1.95.